The molecule has 2 aromatic carbocycles. The van der Waals surface area contributed by atoms with Crippen LogP contribution in [0.1, 0.15) is 91.7 Å². The van der Waals surface area contributed by atoms with Gasteiger partial charge in [0.1, 0.15) is 23.5 Å². The van der Waals surface area contributed by atoms with Gasteiger partial charge in [0.2, 0.25) is 12.1 Å². The van der Waals surface area contributed by atoms with Gasteiger partial charge in [0.05, 0.1) is 35.8 Å². The Morgan fingerprint density at radius 3 is 2.67 bits per heavy atom. The fraction of sp³-hybridized carbons (Fsp3) is 0.511. The lowest BCUT2D eigenvalue weighted by Gasteiger charge is -2.58. The summed E-state index contributed by atoms with van der Waals surface area (Å²) < 4.78 is 26.8. The highest BCUT2D eigenvalue weighted by Crippen LogP contribution is 2.62. The van der Waals surface area contributed by atoms with Crippen LogP contribution in [0.15, 0.2) is 90.5 Å². The molecule has 2 aliphatic heterocycles. The fourth-order valence-corrected chi connectivity index (χ4v) is 10.4. The number of ether oxygens (including phenoxy) is 4. The molecule has 57 heavy (non-hydrogen) atoms. The second-order valence-electron chi connectivity index (χ2n) is 15.3. The number of aldehydes is 1. The van der Waals surface area contributed by atoms with Gasteiger partial charge in [-0.1, -0.05) is 42.3 Å². The summed E-state index contributed by atoms with van der Waals surface area (Å²) in [6, 6.07) is 13.1. The largest absolute Gasteiger partial charge is 0.460 e. The van der Waals surface area contributed by atoms with Crippen molar-refractivity contribution in [2.45, 2.75) is 93.9 Å². The van der Waals surface area contributed by atoms with Gasteiger partial charge in [-0.15, -0.1) is 6.58 Å². The van der Waals surface area contributed by atoms with Crippen LogP contribution in [0.4, 0.5) is 0 Å². The number of unbranched alkanes of at least 4 members (excludes halogenated alkanes) is 2. The van der Waals surface area contributed by atoms with Crippen molar-refractivity contribution in [3.63, 3.8) is 0 Å². The number of fused-ring (bicyclic) bond motifs is 2. The summed E-state index contributed by atoms with van der Waals surface area (Å²) in [6.07, 6.45) is 18.8. The first-order valence-corrected chi connectivity index (χ1v) is 21.6. The molecule has 304 valence electrons. The molecular weight excluding hydrogens is 743 g/mol. The lowest BCUT2D eigenvalue weighted by molar-refractivity contribution is -0.223. The van der Waals surface area contributed by atoms with E-state index in [4.69, 9.17) is 28.9 Å². The number of benzene rings is 2. The number of hydrogen-bond acceptors (Lipinski definition) is 12. The highest BCUT2D eigenvalue weighted by atomic mass is 32.2. The Kier molecular flexibility index (Phi) is 14.5. The van der Waals surface area contributed by atoms with E-state index in [0.717, 1.165) is 91.7 Å². The van der Waals surface area contributed by atoms with Gasteiger partial charge < -0.3 is 34.0 Å². The number of oxime groups is 1. The minimum atomic E-state index is -1.09. The van der Waals surface area contributed by atoms with E-state index >= 15 is 0 Å². The summed E-state index contributed by atoms with van der Waals surface area (Å²) in [5.41, 5.74) is 4.41. The normalized spacial score (nSPS) is 27.1. The highest BCUT2D eigenvalue weighted by Gasteiger charge is 2.64. The average molecular weight is 798 g/mol. The maximum absolute atomic E-state index is 11.6. The number of aliphatic hydroxyl groups excluding tert-OH is 2. The predicted molar refractivity (Wildman–Crippen MR) is 220 cm³/mol. The third-order valence-electron chi connectivity index (χ3n) is 11.6. The van der Waals surface area contributed by atoms with Crippen molar-refractivity contribution in [1.82, 2.24) is 9.97 Å². The Morgan fingerprint density at radius 2 is 1.89 bits per heavy atom. The molecule has 2 fully saturated rings. The minimum Gasteiger partial charge on any atom is -0.460 e. The van der Waals surface area contributed by atoms with Gasteiger partial charge in [-0.25, -0.2) is 0 Å². The van der Waals surface area contributed by atoms with Crippen molar-refractivity contribution in [2.24, 2.45) is 22.9 Å². The molecule has 3 heterocycles. The zero-order valence-corrected chi connectivity index (χ0v) is 33.4. The predicted octanol–water partition coefficient (Wildman–Crippen LogP) is 8.22. The zero-order chi connectivity index (χ0) is 39.5. The van der Waals surface area contributed by atoms with Crippen molar-refractivity contribution in [2.75, 3.05) is 32.2 Å². The molecule has 12 heteroatoms. The number of carbonyl (C=O) groups excluding carboxylic acids is 1. The molecule has 0 radical (unpaired) electrons. The van der Waals surface area contributed by atoms with Crippen LogP contribution in [0.25, 0.3) is 0 Å². The highest BCUT2D eigenvalue weighted by molar-refractivity contribution is 8.00. The van der Waals surface area contributed by atoms with Gasteiger partial charge in [0, 0.05) is 68.1 Å². The maximum atomic E-state index is 11.6. The van der Waals surface area contributed by atoms with Crippen LogP contribution in [0.5, 0.6) is 17.2 Å². The molecule has 2 aliphatic carbocycles. The third kappa shape index (κ3) is 9.63. The molecular formula is C45H55N3O8S. The second-order valence-corrected chi connectivity index (χ2v) is 16.6. The maximum Gasteiger partial charge on any atom is 0.230 e. The Hall–Kier alpha value is -4.07. The van der Waals surface area contributed by atoms with Gasteiger partial charge in [0.15, 0.2) is 0 Å². The van der Waals surface area contributed by atoms with Crippen LogP contribution in [0, 0.1) is 17.8 Å². The van der Waals surface area contributed by atoms with E-state index in [1.165, 1.54) is 0 Å². The summed E-state index contributed by atoms with van der Waals surface area (Å²) in [5.74, 6) is 1.56. The van der Waals surface area contributed by atoms with E-state index in [0.29, 0.717) is 42.9 Å². The van der Waals surface area contributed by atoms with E-state index < -0.39 is 12.1 Å². The Labute approximate surface area is 339 Å². The number of aromatic nitrogens is 2. The Morgan fingerprint density at radius 1 is 1.04 bits per heavy atom. The monoisotopic (exact) mass is 797 g/mol. The van der Waals surface area contributed by atoms with Crippen LogP contribution >= 0.6 is 11.8 Å². The number of carbonyl (C=O) groups is 1. The summed E-state index contributed by atoms with van der Waals surface area (Å²) in [4.78, 5) is 26.7. The smallest absolute Gasteiger partial charge is 0.230 e. The third-order valence-corrected chi connectivity index (χ3v) is 12.9. The van der Waals surface area contributed by atoms with Crippen LogP contribution in [-0.2, 0) is 20.7 Å². The molecule has 0 bridgehead atoms. The Balaban J connectivity index is 1.36. The van der Waals surface area contributed by atoms with Gasteiger partial charge >= 0.3 is 0 Å². The van der Waals surface area contributed by atoms with Gasteiger partial charge in [0.25, 0.3) is 0 Å². The Bertz CT molecular complexity index is 1850. The molecule has 0 amide bonds. The molecule has 3 aromatic rings. The lowest BCUT2D eigenvalue weighted by Crippen LogP contribution is -2.64. The van der Waals surface area contributed by atoms with Crippen LogP contribution in [0.3, 0.4) is 0 Å². The quantitative estimate of drug-likeness (QED) is 0.0495. The van der Waals surface area contributed by atoms with Crippen LogP contribution in [-0.4, -0.2) is 81.7 Å². The summed E-state index contributed by atoms with van der Waals surface area (Å²) in [5, 5.41) is 24.5. The molecule has 1 aromatic heterocycles. The number of thioether (sulfide) groups is 1. The molecule has 7 atom stereocenters. The second kappa shape index (κ2) is 20.1. The summed E-state index contributed by atoms with van der Waals surface area (Å²) in [7, 11) is 0. The number of nitrogens with zero attached hydrogens (tertiary/aromatic N) is 3. The van der Waals surface area contributed by atoms with Crippen molar-refractivity contribution in [3.8, 4) is 17.2 Å². The molecule has 1 unspecified atom stereocenters. The standard InChI is InChI=1S/C45H55N3O8S/c1-2-22-53-45-41(57-24-17-33-29-46-18-19-47-33)28-39(48-56-42-14-5-8-23-52-42)37-26-32(11-3-6-20-49)36(13-4-7-21-50)43(44(37)45)38-27-35(15-16-40(38)55-45)54-34-12-9-10-31(25-34)30-51/h2,9-10,12,15-16,18-19,25-27,29-30,32,36,41-44,49-50H,1,3-8,11,13-14,17,20-24,28H2/t32-,36+,41-,42?,43+,44+,45+/m0/s1. The lowest BCUT2D eigenvalue weighted by atomic mass is 9.56. The van der Waals surface area contributed by atoms with E-state index in [-0.39, 0.29) is 48.7 Å². The molecule has 1 saturated heterocycles. The van der Waals surface area contributed by atoms with Crippen molar-refractivity contribution in [1.29, 1.82) is 0 Å². The van der Waals surface area contributed by atoms with Crippen molar-refractivity contribution in [3.05, 3.63) is 102 Å². The first-order valence-electron chi connectivity index (χ1n) is 20.5. The van der Waals surface area contributed by atoms with E-state index in [1.54, 1.807) is 42.4 Å². The summed E-state index contributed by atoms with van der Waals surface area (Å²) in [6.45, 7) is 5.25. The number of aryl methyl sites for hydroxylation is 1. The molecule has 4 aliphatic rings. The molecule has 0 spiro atoms. The fourth-order valence-electron chi connectivity index (χ4n) is 9.01. The molecule has 7 rings (SSSR count). The van der Waals surface area contributed by atoms with E-state index in [1.807, 2.05) is 30.5 Å². The number of hydrogen-bond donors (Lipinski definition) is 2. The summed E-state index contributed by atoms with van der Waals surface area (Å²) >= 11 is 1.79. The molecule has 1 saturated carbocycles. The first-order chi connectivity index (χ1) is 28.1. The minimum absolute atomic E-state index is 0.0826. The van der Waals surface area contributed by atoms with Crippen LogP contribution in [0.2, 0.25) is 0 Å². The van der Waals surface area contributed by atoms with Gasteiger partial charge in [-0.2, -0.15) is 11.8 Å². The van der Waals surface area contributed by atoms with Crippen molar-refractivity contribution < 1.29 is 38.8 Å². The van der Waals surface area contributed by atoms with Gasteiger partial charge in [-0.05, 0) is 92.0 Å². The molecule has 11 nitrogen and oxygen atoms in total. The number of rotatable bonds is 20. The van der Waals surface area contributed by atoms with E-state index in [9.17, 15) is 15.0 Å². The topological polar surface area (TPSA) is 142 Å². The zero-order valence-electron chi connectivity index (χ0n) is 32.6. The number of allylic oxidation sites excluding steroid dienone is 1. The first kappa shape index (κ1) is 41.1. The van der Waals surface area contributed by atoms with Crippen molar-refractivity contribution >= 4 is 23.8 Å². The molecule has 2 N–H and O–H groups in total. The van der Waals surface area contributed by atoms with Gasteiger partial charge in [-0.3, -0.25) is 14.8 Å². The SMILES string of the molecule is C=CCO[C@@]12Oc3ccc(Oc4cccc(C=O)c4)cc3[C@H]3[C@H](CCCCO)[C@@H](CCCCO)C=C(C(=NOC4CCCCO4)C[C@@H]1SCCc1cnccn1)[C@H]32. The van der Waals surface area contributed by atoms with Crippen LogP contribution < -0.4 is 9.47 Å². The average Bonchev–Trinajstić information content (AvgIpc) is 3.25. The number of aliphatic hydroxyl groups is 2. The van der Waals surface area contributed by atoms with E-state index in [2.05, 4.69) is 28.7 Å².